The maximum Gasteiger partial charge on any atom is 0.306 e. The summed E-state index contributed by atoms with van der Waals surface area (Å²) >= 11 is 1.56. The van der Waals surface area contributed by atoms with Crippen molar-refractivity contribution in [2.75, 3.05) is 6.61 Å². The Morgan fingerprint density at radius 1 is 1.18 bits per heavy atom. The Morgan fingerprint density at radius 3 is 2.61 bits per heavy atom. The standard InChI is InChI=1S/C21H22N2O4S/c1-14-17(15(2)27-23-14)10-11-20(25)26-13-19(24)22-21(18-9-6-12-28-18)16-7-4-3-5-8-16/h3-9,12,21H,10-11,13H2,1-2H3,(H,22,24)/t21-/m1/s1. The van der Waals surface area contributed by atoms with Crippen molar-refractivity contribution in [3.8, 4) is 0 Å². The second-order valence-corrected chi connectivity index (χ2v) is 7.37. The zero-order chi connectivity index (χ0) is 19.9. The van der Waals surface area contributed by atoms with Crippen molar-refractivity contribution in [2.45, 2.75) is 32.7 Å². The van der Waals surface area contributed by atoms with Crippen LogP contribution in [0.5, 0.6) is 0 Å². The highest BCUT2D eigenvalue weighted by atomic mass is 32.1. The van der Waals surface area contributed by atoms with E-state index in [9.17, 15) is 9.59 Å². The van der Waals surface area contributed by atoms with Crippen LogP contribution in [0.1, 0.15) is 39.9 Å². The second-order valence-electron chi connectivity index (χ2n) is 6.39. The van der Waals surface area contributed by atoms with Crippen molar-refractivity contribution in [3.63, 3.8) is 0 Å². The Balaban J connectivity index is 1.53. The number of esters is 1. The summed E-state index contributed by atoms with van der Waals surface area (Å²) in [6.45, 7) is 3.33. The predicted molar refractivity (Wildman–Crippen MR) is 106 cm³/mol. The zero-order valence-corrected chi connectivity index (χ0v) is 16.6. The third-order valence-corrected chi connectivity index (χ3v) is 5.33. The highest BCUT2D eigenvalue weighted by Crippen LogP contribution is 2.25. The summed E-state index contributed by atoms with van der Waals surface area (Å²) < 4.78 is 10.2. The number of rotatable bonds is 8. The van der Waals surface area contributed by atoms with Crippen molar-refractivity contribution in [1.29, 1.82) is 0 Å². The van der Waals surface area contributed by atoms with E-state index in [0.717, 1.165) is 21.7 Å². The van der Waals surface area contributed by atoms with Gasteiger partial charge in [-0.25, -0.2) is 0 Å². The summed E-state index contributed by atoms with van der Waals surface area (Å²) in [6.07, 6.45) is 0.646. The third kappa shape index (κ3) is 5.07. The van der Waals surface area contributed by atoms with Crippen molar-refractivity contribution in [3.05, 3.63) is 75.3 Å². The van der Waals surface area contributed by atoms with Crippen LogP contribution in [0, 0.1) is 13.8 Å². The van der Waals surface area contributed by atoms with Gasteiger partial charge in [-0.15, -0.1) is 11.3 Å². The molecule has 3 aromatic rings. The first kappa shape index (κ1) is 19.8. The molecule has 7 heteroatoms. The molecule has 1 aromatic carbocycles. The van der Waals surface area contributed by atoms with Crippen LogP contribution in [-0.2, 0) is 20.7 Å². The van der Waals surface area contributed by atoms with Gasteiger partial charge in [0.25, 0.3) is 5.91 Å². The fourth-order valence-corrected chi connectivity index (χ4v) is 3.73. The number of thiophene rings is 1. The van der Waals surface area contributed by atoms with E-state index in [2.05, 4.69) is 10.5 Å². The Bertz CT molecular complexity index is 900. The number of ether oxygens (including phenoxy) is 1. The smallest absolute Gasteiger partial charge is 0.306 e. The van der Waals surface area contributed by atoms with Gasteiger partial charge in [-0.05, 0) is 37.3 Å². The van der Waals surface area contributed by atoms with Crippen molar-refractivity contribution >= 4 is 23.2 Å². The van der Waals surface area contributed by atoms with Gasteiger partial charge in [-0.3, -0.25) is 9.59 Å². The third-order valence-electron chi connectivity index (χ3n) is 4.39. The SMILES string of the molecule is Cc1noc(C)c1CCC(=O)OCC(=O)N[C@H](c1ccccc1)c1cccs1. The molecule has 1 amide bonds. The Kier molecular flexibility index (Phi) is 6.60. The summed E-state index contributed by atoms with van der Waals surface area (Å²) in [6, 6.07) is 13.3. The molecule has 0 spiro atoms. The molecule has 0 aliphatic carbocycles. The monoisotopic (exact) mass is 398 g/mol. The van der Waals surface area contributed by atoms with Crippen molar-refractivity contribution < 1.29 is 18.8 Å². The number of aryl methyl sites for hydroxylation is 2. The minimum Gasteiger partial charge on any atom is -0.456 e. The van der Waals surface area contributed by atoms with Gasteiger partial charge in [-0.1, -0.05) is 41.6 Å². The van der Waals surface area contributed by atoms with E-state index in [1.165, 1.54) is 0 Å². The van der Waals surface area contributed by atoms with Gasteiger partial charge < -0.3 is 14.6 Å². The molecule has 3 rings (SSSR count). The van der Waals surface area contributed by atoms with E-state index in [4.69, 9.17) is 9.26 Å². The Labute approximate surface area is 167 Å². The number of aromatic nitrogens is 1. The molecule has 0 aliphatic heterocycles. The highest BCUT2D eigenvalue weighted by Gasteiger charge is 2.19. The molecule has 0 bridgehead atoms. The summed E-state index contributed by atoms with van der Waals surface area (Å²) in [5.74, 6) is -0.0693. The lowest BCUT2D eigenvalue weighted by Crippen LogP contribution is -2.32. The van der Waals surface area contributed by atoms with Crippen LogP contribution in [0.2, 0.25) is 0 Å². The number of carbonyl (C=O) groups is 2. The average molecular weight is 398 g/mol. The largest absolute Gasteiger partial charge is 0.456 e. The molecule has 2 aromatic heterocycles. The molecule has 0 fully saturated rings. The molecule has 0 saturated heterocycles. The van der Waals surface area contributed by atoms with Crippen molar-refractivity contribution in [2.24, 2.45) is 0 Å². The van der Waals surface area contributed by atoms with Crippen LogP contribution in [-0.4, -0.2) is 23.6 Å². The molecule has 2 heterocycles. The van der Waals surface area contributed by atoms with Gasteiger partial charge in [0.2, 0.25) is 0 Å². The number of nitrogens with zero attached hydrogens (tertiary/aromatic N) is 1. The molecule has 0 radical (unpaired) electrons. The van der Waals surface area contributed by atoms with Crippen molar-refractivity contribution in [1.82, 2.24) is 10.5 Å². The van der Waals surface area contributed by atoms with E-state index in [1.807, 2.05) is 61.7 Å². The lowest BCUT2D eigenvalue weighted by molar-refractivity contribution is -0.148. The van der Waals surface area contributed by atoms with E-state index in [0.29, 0.717) is 12.2 Å². The number of carbonyl (C=O) groups excluding carboxylic acids is 2. The van der Waals surface area contributed by atoms with Crippen LogP contribution in [0.3, 0.4) is 0 Å². The maximum atomic E-state index is 12.4. The maximum absolute atomic E-state index is 12.4. The lowest BCUT2D eigenvalue weighted by atomic mass is 10.1. The molecule has 28 heavy (non-hydrogen) atoms. The fraction of sp³-hybridized carbons (Fsp3) is 0.286. The summed E-state index contributed by atoms with van der Waals surface area (Å²) in [5, 5.41) is 8.78. The van der Waals surface area contributed by atoms with Crippen LogP contribution in [0.15, 0.2) is 52.4 Å². The minimum absolute atomic E-state index is 0.170. The molecule has 146 valence electrons. The quantitative estimate of drug-likeness (QED) is 0.585. The molecule has 0 saturated carbocycles. The number of amides is 1. The number of nitrogens with one attached hydrogen (secondary N) is 1. The molecule has 6 nitrogen and oxygen atoms in total. The van der Waals surface area contributed by atoms with Gasteiger partial charge in [-0.2, -0.15) is 0 Å². The fourth-order valence-electron chi connectivity index (χ4n) is 2.93. The molecular weight excluding hydrogens is 376 g/mol. The second kappa shape index (κ2) is 9.32. The van der Waals surface area contributed by atoms with Crippen LogP contribution in [0.4, 0.5) is 0 Å². The first-order valence-corrected chi connectivity index (χ1v) is 9.87. The molecule has 1 N–H and O–H groups in total. The zero-order valence-electron chi connectivity index (χ0n) is 15.8. The first-order chi connectivity index (χ1) is 13.5. The van der Waals surface area contributed by atoms with Crippen LogP contribution in [0.25, 0.3) is 0 Å². The van der Waals surface area contributed by atoms with E-state index in [-0.39, 0.29) is 25.0 Å². The molecular formula is C21H22N2O4S. The van der Waals surface area contributed by atoms with Gasteiger partial charge in [0.1, 0.15) is 5.76 Å². The number of hydrogen-bond acceptors (Lipinski definition) is 6. The molecule has 0 aliphatic rings. The molecule has 0 unspecified atom stereocenters. The highest BCUT2D eigenvalue weighted by molar-refractivity contribution is 7.10. The van der Waals surface area contributed by atoms with Gasteiger partial charge >= 0.3 is 5.97 Å². The van der Waals surface area contributed by atoms with Gasteiger partial charge in [0.15, 0.2) is 6.61 Å². The van der Waals surface area contributed by atoms with Gasteiger partial charge in [0.05, 0.1) is 11.7 Å². The number of benzene rings is 1. The minimum atomic E-state index is -0.428. The topological polar surface area (TPSA) is 81.4 Å². The van der Waals surface area contributed by atoms with Gasteiger partial charge in [0, 0.05) is 16.9 Å². The summed E-state index contributed by atoms with van der Waals surface area (Å²) in [4.78, 5) is 25.4. The van der Waals surface area contributed by atoms with E-state index in [1.54, 1.807) is 11.3 Å². The molecule has 1 atom stereocenters. The normalized spacial score (nSPS) is 11.8. The Morgan fingerprint density at radius 2 is 1.96 bits per heavy atom. The van der Waals surface area contributed by atoms with E-state index < -0.39 is 5.97 Å². The summed E-state index contributed by atoms with van der Waals surface area (Å²) in [5.41, 5.74) is 2.65. The predicted octanol–water partition coefficient (Wildman–Crippen LogP) is 3.73. The first-order valence-electron chi connectivity index (χ1n) is 8.99. The average Bonchev–Trinajstić information content (AvgIpc) is 3.34. The van der Waals surface area contributed by atoms with Crippen LogP contribution >= 0.6 is 11.3 Å². The Hall–Kier alpha value is -2.93. The van der Waals surface area contributed by atoms with E-state index >= 15 is 0 Å². The lowest BCUT2D eigenvalue weighted by Gasteiger charge is -2.18. The van der Waals surface area contributed by atoms with Crippen LogP contribution < -0.4 is 5.32 Å². The number of hydrogen-bond donors (Lipinski definition) is 1. The summed E-state index contributed by atoms with van der Waals surface area (Å²) in [7, 11) is 0.